The molecule has 0 atom stereocenters. The van der Waals surface area contributed by atoms with Gasteiger partial charge in [-0.1, -0.05) is 22.9 Å². The summed E-state index contributed by atoms with van der Waals surface area (Å²) in [6.45, 7) is 0. The van der Waals surface area contributed by atoms with E-state index in [1.807, 2.05) is 30.3 Å². The molecule has 0 fully saturated rings. The first-order valence-corrected chi connectivity index (χ1v) is 10.7. The van der Waals surface area contributed by atoms with Crippen molar-refractivity contribution in [3.05, 3.63) is 80.3 Å². The van der Waals surface area contributed by atoms with Crippen molar-refractivity contribution in [3.8, 4) is 34.2 Å². The second-order valence-electron chi connectivity index (χ2n) is 6.82. The van der Waals surface area contributed by atoms with Crippen molar-refractivity contribution in [2.45, 2.75) is 0 Å². The quantitative estimate of drug-likeness (QED) is 0.385. The third-order valence-corrected chi connectivity index (χ3v) is 6.06. The van der Waals surface area contributed by atoms with Gasteiger partial charge in [-0.05, 0) is 54.6 Å². The van der Waals surface area contributed by atoms with Gasteiger partial charge >= 0.3 is 0 Å². The van der Waals surface area contributed by atoms with Crippen LogP contribution in [0.2, 0.25) is 5.02 Å². The third-order valence-electron chi connectivity index (χ3n) is 4.85. The highest BCUT2D eigenvalue weighted by atomic mass is 35.5. The van der Waals surface area contributed by atoms with E-state index in [4.69, 9.17) is 25.5 Å². The van der Waals surface area contributed by atoms with Crippen LogP contribution in [0, 0.1) is 0 Å². The molecule has 9 heteroatoms. The minimum absolute atomic E-state index is 0.256. The Bertz CT molecular complexity index is 1540. The Kier molecular flexibility index (Phi) is 5.16. The van der Waals surface area contributed by atoms with E-state index in [1.165, 1.54) is 15.9 Å². The van der Waals surface area contributed by atoms with Crippen LogP contribution in [0.25, 0.3) is 33.7 Å². The summed E-state index contributed by atoms with van der Waals surface area (Å²) in [6, 6.07) is 16.4. The van der Waals surface area contributed by atoms with Crippen molar-refractivity contribution in [1.29, 1.82) is 0 Å². The Balaban J connectivity index is 1.49. The second kappa shape index (κ2) is 8.14. The summed E-state index contributed by atoms with van der Waals surface area (Å²) in [5.41, 5.74) is 1.37. The molecular weight excluding hydrogens is 450 g/mol. The highest BCUT2D eigenvalue weighted by Crippen LogP contribution is 2.31. The molecule has 0 spiro atoms. The number of benzene rings is 2. The first kappa shape index (κ1) is 20.3. The number of nitrogens with zero attached hydrogens (tertiary/aromatic N) is 3. The zero-order valence-electron chi connectivity index (χ0n) is 17.0. The zero-order chi connectivity index (χ0) is 22.2. The molecule has 7 nitrogen and oxygen atoms in total. The van der Waals surface area contributed by atoms with Gasteiger partial charge in [0.1, 0.15) is 16.1 Å². The van der Waals surface area contributed by atoms with Crippen molar-refractivity contribution in [2.75, 3.05) is 14.2 Å². The maximum Gasteiger partial charge on any atom is 0.291 e. The van der Waals surface area contributed by atoms with Gasteiger partial charge in [0.05, 0.1) is 14.2 Å². The van der Waals surface area contributed by atoms with Crippen LogP contribution in [-0.4, -0.2) is 28.8 Å². The van der Waals surface area contributed by atoms with Gasteiger partial charge in [-0.2, -0.15) is 9.50 Å². The minimum Gasteiger partial charge on any atom is -0.493 e. The molecule has 0 aliphatic rings. The molecule has 32 heavy (non-hydrogen) atoms. The largest absolute Gasteiger partial charge is 0.493 e. The van der Waals surface area contributed by atoms with Crippen molar-refractivity contribution < 1.29 is 13.9 Å². The Morgan fingerprint density at radius 2 is 1.75 bits per heavy atom. The second-order valence-corrected chi connectivity index (χ2v) is 8.27. The summed E-state index contributed by atoms with van der Waals surface area (Å²) in [7, 11) is 3.13. The van der Waals surface area contributed by atoms with Gasteiger partial charge in [0.15, 0.2) is 17.3 Å². The first-order valence-electron chi connectivity index (χ1n) is 9.55. The van der Waals surface area contributed by atoms with Gasteiger partial charge in [0, 0.05) is 22.2 Å². The van der Waals surface area contributed by atoms with Crippen molar-refractivity contribution in [2.24, 2.45) is 0 Å². The molecule has 0 aliphatic carbocycles. The molecule has 0 N–H and O–H groups in total. The number of aromatic nitrogens is 3. The topological polar surface area (TPSA) is 78.9 Å². The van der Waals surface area contributed by atoms with Gasteiger partial charge in [-0.15, -0.1) is 5.10 Å². The number of fused-ring (bicyclic) bond motifs is 1. The van der Waals surface area contributed by atoms with Gasteiger partial charge < -0.3 is 13.9 Å². The fourth-order valence-electron chi connectivity index (χ4n) is 3.26. The molecule has 0 unspecified atom stereocenters. The van der Waals surface area contributed by atoms with Crippen molar-refractivity contribution in [3.63, 3.8) is 0 Å². The van der Waals surface area contributed by atoms with Crippen LogP contribution in [0.1, 0.15) is 5.76 Å². The number of furan rings is 1. The Labute approximate surface area is 191 Å². The van der Waals surface area contributed by atoms with E-state index in [2.05, 4.69) is 10.1 Å². The molecule has 5 rings (SSSR count). The molecule has 0 saturated heterocycles. The van der Waals surface area contributed by atoms with Crippen LogP contribution in [-0.2, 0) is 0 Å². The number of thiazole rings is 1. The van der Waals surface area contributed by atoms with E-state index < -0.39 is 0 Å². The maximum atomic E-state index is 12.9. The third kappa shape index (κ3) is 3.63. The number of methoxy groups -OCH3 is 2. The number of rotatable bonds is 5. The standard InChI is InChI=1S/C23H16ClN3O4S/c1-29-18-9-5-14(11-19(18)30-2)21-25-23-27(26-21)22(28)20(32-23)12-16-8-10-17(31-16)13-3-6-15(24)7-4-13/h3-12H,1-2H3. The summed E-state index contributed by atoms with van der Waals surface area (Å²) in [5.74, 6) is 2.86. The molecule has 160 valence electrons. The summed E-state index contributed by atoms with van der Waals surface area (Å²) in [4.78, 5) is 17.9. The number of hydrogen-bond acceptors (Lipinski definition) is 7. The average molecular weight is 466 g/mol. The molecule has 3 heterocycles. The van der Waals surface area contributed by atoms with Crippen molar-refractivity contribution >= 4 is 34.0 Å². The van der Waals surface area contributed by atoms with E-state index in [0.29, 0.717) is 43.4 Å². The highest BCUT2D eigenvalue weighted by molar-refractivity contribution is 7.15. The summed E-state index contributed by atoms with van der Waals surface area (Å²) in [5, 5.41) is 5.04. The van der Waals surface area contributed by atoms with Gasteiger partial charge in [-0.3, -0.25) is 4.79 Å². The minimum atomic E-state index is -0.256. The Morgan fingerprint density at radius 3 is 2.47 bits per heavy atom. The SMILES string of the molecule is COc1ccc(-c2nc3sc(=Cc4ccc(-c5ccc(Cl)cc5)o4)c(=O)n3n2)cc1OC. The lowest BCUT2D eigenvalue weighted by molar-refractivity contribution is 0.355. The van der Waals surface area contributed by atoms with E-state index in [-0.39, 0.29) is 5.56 Å². The first-order chi connectivity index (χ1) is 15.6. The Hall–Kier alpha value is -3.62. The molecule has 0 bridgehead atoms. The lowest BCUT2D eigenvalue weighted by Gasteiger charge is -2.07. The molecule has 5 aromatic rings. The molecule has 0 aliphatic heterocycles. The normalized spacial score (nSPS) is 11.9. The number of halogens is 1. The molecule has 0 amide bonds. The lowest BCUT2D eigenvalue weighted by Crippen LogP contribution is -2.23. The number of hydrogen-bond donors (Lipinski definition) is 0. The van der Waals surface area contributed by atoms with Gasteiger partial charge in [0.25, 0.3) is 5.56 Å². The molecule has 2 aromatic carbocycles. The van der Waals surface area contributed by atoms with E-state index in [0.717, 1.165) is 11.1 Å². The zero-order valence-corrected chi connectivity index (χ0v) is 18.6. The summed E-state index contributed by atoms with van der Waals surface area (Å²) < 4.78 is 18.2. The van der Waals surface area contributed by atoms with Crippen LogP contribution in [0.3, 0.4) is 0 Å². The van der Waals surface area contributed by atoms with E-state index in [1.54, 1.807) is 44.6 Å². The average Bonchev–Trinajstić information content (AvgIpc) is 3.51. The van der Waals surface area contributed by atoms with Crippen LogP contribution < -0.4 is 19.6 Å². The predicted molar refractivity (Wildman–Crippen MR) is 124 cm³/mol. The van der Waals surface area contributed by atoms with Gasteiger partial charge in [-0.25, -0.2) is 0 Å². The van der Waals surface area contributed by atoms with Gasteiger partial charge in [0.2, 0.25) is 4.96 Å². The fraction of sp³-hybridized carbons (Fsp3) is 0.0870. The smallest absolute Gasteiger partial charge is 0.291 e. The van der Waals surface area contributed by atoms with Crippen LogP contribution in [0.4, 0.5) is 0 Å². The highest BCUT2D eigenvalue weighted by Gasteiger charge is 2.14. The summed E-state index contributed by atoms with van der Waals surface area (Å²) >= 11 is 7.19. The predicted octanol–water partition coefficient (Wildman–Crippen LogP) is 4.30. The van der Waals surface area contributed by atoms with Crippen LogP contribution in [0.15, 0.2) is 63.8 Å². The molecule has 0 saturated carbocycles. The van der Waals surface area contributed by atoms with Crippen LogP contribution >= 0.6 is 22.9 Å². The van der Waals surface area contributed by atoms with E-state index in [9.17, 15) is 4.79 Å². The molecular formula is C23H16ClN3O4S. The molecule has 3 aromatic heterocycles. The Morgan fingerprint density at radius 1 is 1.00 bits per heavy atom. The van der Waals surface area contributed by atoms with Crippen LogP contribution in [0.5, 0.6) is 11.5 Å². The molecule has 0 radical (unpaired) electrons. The fourth-order valence-corrected chi connectivity index (χ4v) is 4.27. The van der Waals surface area contributed by atoms with Crippen molar-refractivity contribution in [1.82, 2.24) is 14.6 Å². The summed E-state index contributed by atoms with van der Waals surface area (Å²) in [6.07, 6.45) is 1.69. The maximum absolute atomic E-state index is 12.9. The monoisotopic (exact) mass is 465 g/mol. The number of ether oxygens (including phenoxy) is 2. The lowest BCUT2D eigenvalue weighted by atomic mass is 10.2. The van der Waals surface area contributed by atoms with E-state index >= 15 is 0 Å².